The van der Waals surface area contributed by atoms with Crippen molar-refractivity contribution < 1.29 is 26.8 Å². The van der Waals surface area contributed by atoms with Gasteiger partial charge in [-0.2, -0.15) is 4.31 Å². The summed E-state index contributed by atoms with van der Waals surface area (Å²) in [4.78, 5) is 27.1. The van der Waals surface area contributed by atoms with Gasteiger partial charge in [-0.1, -0.05) is 30.3 Å². The van der Waals surface area contributed by atoms with E-state index in [2.05, 4.69) is 0 Å². The zero-order valence-corrected chi connectivity index (χ0v) is 18.9. The Morgan fingerprint density at radius 2 is 1.39 bits per heavy atom. The van der Waals surface area contributed by atoms with Gasteiger partial charge < -0.3 is 4.90 Å². The third kappa shape index (κ3) is 4.99. The van der Waals surface area contributed by atoms with Crippen LogP contribution in [0.2, 0.25) is 0 Å². The van der Waals surface area contributed by atoms with Crippen LogP contribution in [0.4, 0.5) is 8.78 Å². The largest absolute Gasteiger partial charge is 0.342 e. The Bertz CT molecular complexity index is 1120. The van der Waals surface area contributed by atoms with E-state index < -0.39 is 21.7 Å². The lowest BCUT2D eigenvalue weighted by Crippen LogP contribution is -2.47. The highest BCUT2D eigenvalue weighted by Crippen LogP contribution is 2.28. The molecule has 0 aromatic heterocycles. The topological polar surface area (TPSA) is 74.8 Å². The summed E-state index contributed by atoms with van der Waals surface area (Å²) in [6, 6.07) is 11.7. The maximum atomic E-state index is 13.5. The number of carbonyl (C=O) groups excluding carboxylic acids is 2. The predicted octanol–water partition coefficient (Wildman–Crippen LogP) is 3.49. The molecule has 2 fully saturated rings. The van der Waals surface area contributed by atoms with Crippen molar-refractivity contribution in [2.75, 3.05) is 26.2 Å². The molecule has 0 saturated carbocycles. The molecule has 2 aliphatic rings. The first kappa shape index (κ1) is 23.5. The van der Waals surface area contributed by atoms with E-state index in [0.29, 0.717) is 50.4 Å². The molecule has 0 radical (unpaired) electrons. The summed E-state index contributed by atoms with van der Waals surface area (Å²) in [5.41, 5.74) is 0.692. The van der Waals surface area contributed by atoms with Gasteiger partial charge in [-0.05, 0) is 43.9 Å². The average Bonchev–Trinajstić information content (AvgIpc) is 2.85. The number of ketones is 1. The lowest BCUT2D eigenvalue weighted by Gasteiger charge is -2.36. The lowest BCUT2D eigenvalue weighted by molar-refractivity contribution is -0.138. The van der Waals surface area contributed by atoms with Gasteiger partial charge in [-0.15, -0.1) is 0 Å². The Kier molecular flexibility index (Phi) is 6.90. The molecule has 2 aliphatic heterocycles. The number of benzene rings is 2. The maximum absolute atomic E-state index is 13.5. The smallest absolute Gasteiger partial charge is 0.243 e. The molecule has 0 spiro atoms. The van der Waals surface area contributed by atoms with Crippen LogP contribution in [0.5, 0.6) is 0 Å². The summed E-state index contributed by atoms with van der Waals surface area (Å²) in [6.07, 6.45) is 1.96. The van der Waals surface area contributed by atoms with Crippen molar-refractivity contribution >= 4 is 21.7 Å². The van der Waals surface area contributed by atoms with Gasteiger partial charge in [0.1, 0.15) is 0 Å². The highest BCUT2D eigenvalue weighted by Gasteiger charge is 2.36. The number of rotatable bonds is 5. The van der Waals surface area contributed by atoms with Crippen LogP contribution < -0.4 is 0 Å². The molecule has 33 heavy (non-hydrogen) atoms. The van der Waals surface area contributed by atoms with Crippen LogP contribution in [-0.2, 0) is 14.8 Å². The fraction of sp³-hybridized carbons (Fsp3) is 0.417. The van der Waals surface area contributed by atoms with Gasteiger partial charge in [0.25, 0.3) is 0 Å². The van der Waals surface area contributed by atoms with Crippen LogP contribution in [-0.4, -0.2) is 55.5 Å². The molecule has 2 heterocycles. The summed E-state index contributed by atoms with van der Waals surface area (Å²) in [6.45, 7) is 1.30. The predicted molar refractivity (Wildman–Crippen MR) is 118 cm³/mol. The first-order valence-electron chi connectivity index (χ1n) is 11.1. The Labute approximate surface area is 192 Å². The van der Waals surface area contributed by atoms with E-state index >= 15 is 0 Å². The quantitative estimate of drug-likeness (QED) is 0.620. The van der Waals surface area contributed by atoms with Gasteiger partial charge in [0.05, 0.1) is 4.90 Å². The normalized spacial score (nSPS) is 18.9. The summed E-state index contributed by atoms with van der Waals surface area (Å²) in [7, 11) is -3.95. The van der Waals surface area contributed by atoms with Gasteiger partial charge in [0, 0.05) is 43.6 Å². The first-order chi connectivity index (χ1) is 15.8. The van der Waals surface area contributed by atoms with E-state index in [0.717, 1.165) is 12.1 Å². The monoisotopic (exact) mass is 476 g/mol. The molecule has 2 aromatic rings. The Morgan fingerprint density at radius 1 is 0.788 bits per heavy atom. The highest BCUT2D eigenvalue weighted by atomic mass is 32.2. The minimum Gasteiger partial charge on any atom is -0.342 e. The molecule has 176 valence electrons. The fourth-order valence-corrected chi connectivity index (χ4v) is 6.07. The standard InChI is InChI=1S/C24H26F2N2O4S/c25-21-7-6-20(16-22(21)26)33(31,32)28-14-10-19(11-15-28)24(30)27-12-8-18(9-13-27)23(29)17-4-2-1-3-5-17/h1-7,16,18-19H,8-15H2. The zero-order valence-electron chi connectivity index (χ0n) is 18.1. The first-order valence-corrected chi connectivity index (χ1v) is 12.5. The van der Waals surface area contributed by atoms with Crippen molar-refractivity contribution in [3.8, 4) is 0 Å². The van der Waals surface area contributed by atoms with Crippen molar-refractivity contribution in [3.05, 3.63) is 65.7 Å². The van der Waals surface area contributed by atoms with Gasteiger partial charge in [0.2, 0.25) is 15.9 Å². The maximum Gasteiger partial charge on any atom is 0.243 e. The molecule has 0 atom stereocenters. The van der Waals surface area contributed by atoms with Crippen LogP contribution >= 0.6 is 0 Å². The Hall–Kier alpha value is -2.65. The summed E-state index contributed by atoms with van der Waals surface area (Å²) in [5.74, 6) is -2.60. The van der Waals surface area contributed by atoms with E-state index in [1.807, 2.05) is 30.3 Å². The Morgan fingerprint density at radius 3 is 2.00 bits per heavy atom. The molecule has 0 bridgehead atoms. The number of hydrogen-bond donors (Lipinski definition) is 0. The number of Topliss-reactive ketones (excluding diaryl/α,β-unsaturated/α-hetero) is 1. The molecular weight excluding hydrogens is 450 g/mol. The number of carbonyl (C=O) groups is 2. The third-order valence-corrected chi connectivity index (χ3v) is 8.46. The molecule has 0 N–H and O–H groups in total. The van der Waals surface area contributed by atoms with Crippen molar-refractivity contribution in [3.63, 3.8) is 0 Å². The molecule has 2 saturated heterocycles. The summed E-state index contributed by atoms with van der Waals surface area (Å²) < 4.78 is 53.4. The molecule has 0 aliphatic carbocycles. The summed E-state index contributed by atoms with van der Waals surface area (Å²) in [5, 5.41) is 0. The number of piperidine rings is 2. The second-order valence-electron chi connectivity index (χ2n) is 8.58. The van der Waals surface area contributed by atoms with Crippen LogP contribution in [0.15, 0.2) is 53.4 Å². The second-order valence-corrected chi connectivity index (χ2v) is 10.5. The average molecular weight is 477 g/mol. The molecule has 1 amide bonds. The molecule has 0 unspecified atom stereocenters. The third-order valence-electron chi connectivity index (χ3n) is 6.57. The van der Waals surface area contributed by atoms with E-state index in [1.165, 1.54) is 4.31 Å². The molecule has 9 heteroatoms. The van der Waals surface area contributed by atoms with E-state index in [4.69, 9.17) is 0 Å². The van der Waals surface area contributed by atoms with Crippen molar-refractivity contribution in [2.45, 2.75) is 30.6 Å². The van der Waals surface area contributed by atoms with Gasteiger partial charge in [0.15, 0.2) is 17.4 Å². The number of nitrogens with zero attached hydrogens (tertiary/aromatic N) is 2. The minimum atomic E-state index is -3.95. The van der Waals surface area contributed by atoms with E-state index in [1.54, 1.807) is 4.90 Å². The number of amides is 1. The number of sulfonamides is 1. The SMILES string of the molecule is O=C(c1ccccc1)C1CCN(C(=O)C2CCN(S(=O)(=O)c3ccc(F)c(F)c3)CC2)CC1. The highest BCUT2D eigenvalue weighted by molar-refractivity contribution is 7.89. The second kappa shape index (κ2) is 9.69. The van der Waals surface area contributed by atoms with Gasteiger partial charge in [-0.25, -0.2) is 17.2 Å². The van der Waals surface area contributed by atoms with Crippen LogP contribution in [0, 0.1) is 23.5 Å². The molecular formula is C24H26F2N2O4S. The molecule has 6 nitrogen and oxygen atoms in total. The minimum absolute atomic E-state index is 0.00881. The van der Waals surface area contributed by atoms with E-state index in [9.17, 15) is 26.8 Å². The van der Waals surface area contributed by atoms with E-state index in [-0.39, 0.29) is 41.5 Å². The van der Waals surface area contributed by atoms with Gasteiger partial charge >= 0.3 is 0 Å². The Balaban J connectivity index is 1.31. The summed E-state index contributed by atoms with van der Waals surface area (Å²) >= 11 is 0. The molecule has 2 aromatic carbocycles. The number of likely N-dealkylation sites (tertiary alicyclic amines) is 1. The fourth-order valence-electron chi connectivity index (χ4n) is 4.59. The van der Waals surface area contributed by atoms with Crippen LogP contribution in [0.1, 0.15) is 36.0 Å². The number of halogens is 2. The van der Waals surface area contributed by atoms with Gasteiger partial charge in [-0.3, -0.25) is 9.59 Å². The van der Waals surface area contributed by atoms with Crippen molar-refractivity contribution in [1.82, 2.24) is 9.21 Å². The zero-order chi connectivity index (χ0) is 23.6. The van der Waals surface area contributed by atoms with Crippen molar-refractivity contribution in [2.24, 2.45) is 11.8 Å². The lowest BCUT2D eigenvalue weighted by atomic mass is 9.88. The molecule has 4 rings (SSSR count). The van der Waals surface area contributed by atoms with Crippen LogP contribution in [0.25, 0.3) is 0 Å². The van der Waals surface area contributed by atoms with Crippen molar-refractivity contribution in [1.29, 1.82) is 0 Å². The number of hydrogen-bond acceptors (Lipinski definition) is 4. The van der Waals surface area contributed by atoms with Crippen LogP contribution in [0.3, 0.4) is 0 Å².